The number of esters is 1. The minimum Gasteiger partial charge on any atom is -0.457 e. The van der Waals surface area contributed by atoms with Crippen LogP contribution in [0.15, 0.2) is 42.6 Å². The molecule has 26 heavy (non-hydrogen) atoms. The largest absolute Gasteiger partial charge is 0.457 e. The standard InChI is InChI=1S/C20H17Cl2NO3/c1-2-13-4-3-5-14-15(10-23-20(13)14)18(24)11-26-19(25)9-12-6-7-16(21)17(22)8-12/h3-8,10,23H,2,9,11H2,1H3. The molecule has 0 saturated heterocycles. The van der Waals surface area contributed by atoms with Crippen molar-refractivity contribution in [3.8, 4) is 0 Å². The molecule has 6 heteroatoms. The Labute approximate surface area is 161 Å². The lowest BCUT2D eigenvalue weighted by molar-refractivity contribution is -0.141. The van der Waals surface area contributed by atoms with Crippen molar-refractivity contribution in [3.05, 3.63) is 69.3 Å². The second kappa shape index (κ2) is 7.94. The Balaban J connectivity index is 1.65. The summed E-state index contributed by atoms with van der Waals surface area (Å²) in [6.45, 7) is 1.76. The molecule has 0 radical (unpaired) electrons. The van der Waals surface area contributed by atoms with Crippen molar-refractivity contribution >= 4 is 45.9 Å². The number of Topliss-reactive ketones (excluding diaryl/α,β-unsaturated/α-hetero) is 1. The van der Waals surface area contributed by atoms with E-state index >= 15 is 0 Å². The predicted molar refractivity (Wildman–Crippen MR) is 103 cm³/mol. The summed E-state index contributed by atoms with van der Waals surface area (Å²) in [7, 11) is 0. The molecule has 0 aliphatic rings. The third-order valence-electron chi connectivity index (χ3n) is 4.18. The monoisotopic (exact) mass is 389 g/mol. The number of fused-ring (bicyclic) bond motifs is 1. The summed E-state index contributed by atoms with van der Waals surface area (Å²) in [6.07, 6.45) is 2.56. The zero-order valence-electron chi connectivity index (χ0n) is 14.1. The van der Waals surface area contributed by atoms with Gasteiger partial charge in [0.15, 0.2) is 6.61 Å². The molecule has 1 heterocycles. The van der Waals surface area contributed by atoms with Crippen LogP contribution in [0.5, 0.6) is 0 Å². The van der Waals surface area contributed by atoms with Crippen LogP contribution < -0.4 is 0 Å². The summed E-state index contributed by atoms with van der Waals surface area (Å²) in [4.78, 5) is 27.6. The molecule has 1 N–H and O–H groups in total. The summed E-state index contributed by atoms with van der Waals surface area (Å²) in [5.41, 5.74) is 3.29. The first kappa shape index (κ1) is 18.5. The predicted octanol–water partition coefficient (Wildman–Crippen LogP) is 5.01. The molecule has 0 atom stereocenters. The van der Waals surface area contributed by atoms with E-state index in [1.807, 2.05) is 18.2 Å². The number of hydrogen-bond donors (Lipinski definition) is 1. The van der Waals surface area contributed by atoms with E-state index in [-0.39, 0.29) is 18.8 Å². The maximum absolute atomic E-state index is 12.4. The van der Waals surface area contributed by atoms with Crippen LogP contribution >= 0.6 is 23.2 Å². The minimum atomic E-state index is -0.495. The Bertz CT molecular complexity index is 978. The number of para-hydroxylation sites is 1. The van der Waals surface area contributed by atoms with E-state index in [1.165, 1.54) is 0 Å². The van der Waals surface area contributed by atoms with Crippen LogP contribution in [0.2, 0.25) is 10.0 Å². The third-order valence-corrected chi connectivity index (χ3v) is 4.92. The van der Waals surface area contributed by atoms with Crippen molar-refractivity contribution in [1.82, 2.24) is 4.98 Å². The lowest BCUT2D eigenvalue weighted by Crippen LogP contribution is -2.15. The quantitative estimate of drug-likeness (QED) is 0.476. The van der Waals surface area contributed by atoms with E-state index in [9.17, 15) is 9.59 Å². The highest BCUT2D eigenvalue weighted by atomic mass is 35.5. The molecule has 0 saturated carbocycles. The van der Waals surface area contributed by atoms with Crippen LogP contribution in [0.3, 0.4) is 0 Å². The Kier molecular flexibility index (Phi) is 5.64. The van der Waals surface area contributed by atoms with Crippen LogP contribution in [0, 0.1) is 0 Å². The fourth-order valence-corrected chi connectivity index (χ4v) is 3.15. The number of benzene rings is 2. The second-order valence-corrected chi connectivity index (χ2v) is 6.72. The van der Waals surface area contributed by atoms with Crippen LogP contribution in [0.1, 0.15) is 28.4 Å². The SMILES string of the molecule is CCc1cccc2c(C(=O)COC(=O)Cc3ccc(Cl)c(Cl)c3)c[nH]c12. The number of nitrogens with one attached hydrogen (secondary N) is 1. The molecule has 0 fully saturated rings. The molecule has 0 spiro atoms. The molecule has 0 unspecified atom stereocenters. The van der Waals surface area contributed by atoms with E-state index in [0.29, 0.717) is 21.2 Å². The molecule has 3 aromatic rings. The lowest BCUT2D eigenvalue weighted by Gasteiger charge is -2.05. The first-order valence-corrected chi connectivity index (χ1v) is 8.97. The molecule has 134 valence electrons. The summed E-state index contributed by atoms with van der Waals surface area (Å²) >= 11 is 11.8. The maximum atomic E-state index is 12.4. The van der Waals surface area contributed by atoms with Crippen LogP contribution in [0.25, 0.3) is 10.9 Å². The molecular formula is C20H17Cl2NO3. The van der Waals surface area contributed by atoms with Gasteiger partial charge in [-0.3, -0.25) is 9.59 Å². The van der Waals surface area contributed by atoms with Gasteiger partial charge >= 0.3 is 5.97 Å². The number of H-pyrrole nitrogens is 1. The van der Waals surface area contributed by atoms with Gasteiger partial charge in [-0.1, -0.05) is 54.4 Å². The fourth-order valence-electron chi connectivity index (χ4n) is 2.83. The van der Waals surface area contributed by atoms with Gasteiger partial charge in [0.25, 0.3) is 0 Å². The number of rotatable bonds is 6. The third kappa shape index (κ3) is 3.92. The van der Waals surface area contributed by atoms with Gasteiger partial charge in [-0.2, -0.15) is 0 Å². The van der Waals surface area contributed by atoms with Crippen molar-refractivity contribution in [1.29, 1.82) is 0 Å². The Morgan fingerprint density at radius 2 is 1.92 bits per heavy atom. The number of halogens is 2. The molecular weight excluding hydrogens is 373 g/mol. The number of carbonyl (C=O) groups is 2. The highest BCUT2D eigenvalue weighted by Gasteiger charge is 2.16. The van der Waals surface area contributed by atoms with Crippen molar-refractivity contribution in [2.24, 2.45) is 0 Å². The molecule has 0 aliphatic heterocycles. The minimum absolute atomic E-state index is 0.0258. The maximum Gasteiger partial charge on any atom is 0.310 e. The van der Waals surface area contributed by atoms with Gasteiger partial charge in [0, 0.05) is 22.7 Å². The zero-order chi connectivity index (χ0) is 18.7. The molecule has 2 aromatic carbocycles. The van der Waals surface area contributed by atoms with E-state index in [1.54, 1.807) is 24.4 Å². The topological polar surface area (TPSA) is 59.2 Å². The summed E-state index contributed by atoms with van der Waals surface area (Å²) in [6, 6.07) is 10.7. The highest BCUT2D eigenvalue weighted by Crippen LogP contribution is 2.24. The van der Waals surface area contributed by atoms with Crippen molar-refractivity contribution in [2.75, 3.05) is 6.61 Å². The van der Waals surface area contributed by atoms with Gasteiger partial charge in [-0.15, -0.1) is 0 Å². The molecule has 0 bridgehead atoms. The average Bonchev–Trinajstić information content (AvgIpc) is 3.07. The van der Waals surface area contributed by atoms with Crippen LogP contribution in [-0.2, 0) is 22.4 Å². The second-order valence-electron chi connectivity index (χ2n) is 5.90. The molecule has 3 rings (SSSR count). The van der Waals surface area contributed by atoms with Crippen molar-refractivity contribution in [2.45, 2.75) is 19.8 Å². The Morgan fingerprint density at radius 1 is 1.12 bits per heavy atom. The van der Waals surface area contributed by atoms with Gasteiger partial charge in [0.05, 0.1) is 16.5 Å². The Hall–Kier alpha value is -2.30. The van der Waals surface area contributed by atoms with Crippen molar-refractivity contribution in [3.63, 3.8) is 0 Å². The highest BCUT2D eigenvalue weighted by molar-refractivity contribution is 6.42. The molecule has 0 amide bonds. The van der Waals surface area contributed by atoms with E-state index in [0.717, 1.165) is 22.9 Å². The van der Waals surface area contributed by atoms with Gasteiger partial charge in [0.2, 0.25) is 5.78 Å². The summed E-state index contributed by atoms with van der Waals surface area (Å²) in [5.74, 6) is -0.738. The number of hydrogen-bond acceptors (Lipinski definition) is 3. The van der Waals surface area contributed by atoms with Gasteiger partial charge in [0.1, 0.15) is 0 Å². The first-order chi connectivity index (χ1) is 12.5. The van der Waals surface area contributed by atoms with Crippen molar-refractivity contribution < 1.29 is 14.3 Å². The number of aromatic nitrogens is 1. The van der Waals surface area contributed by atoms with Crippen LogP contribution in [-0.4, -0.2) is 23.3 Å². The molecule has 0 aliphatic carbocycles. The average molecular weight is 390 g/mol. The number of ether oxygens (including phenoxy) is 1. The lowest BCUT2D eigenvalue weighted by atomic mass is 10.1. The zero-order valence-corrected chi connectivity index (χ0v) is 15.7. The number of aromatic amines is 1. The van der Waals surface area contributed by atoms with Gasteiger partial charge in [-0.25, -0.2) is 0 Å². The van der Waals surface area contributed by atoms with E-state index in [4.69, 9.17) is 27.9 Å². The van der Waals surface area contributed by atoms with E-state index < -0.39 is 5.97 Å². The normalized spacial score (nSPS) is 10.9. The Morgan fingerprint density at radius 3 is 2.65 bits per heavy atom. The fraction of sp³-hybridized carbons (Fsp3) is 0.200. The van der Waals surface area contributed by atoms with Gasteiger partial charge in [-0.05, 0) is 29.7 Å². The van der Waals surface area contributed by atoms with Crippen LogP contribution in [0.4, 0.5) is 0 Å². The first-order valence-electron chi connectivity index (χ1n) is 8.21. The summed E-state index contributed by atoms with van der Waals surface area (Å²) < 4.78 is 5.13. The number of ketones is 1. The molecule has 1 aromatic heterocycles. The smallest absolute Gasteiger partial charge is 0.310 e. The summed E-state index contributed by atoms with van der Waals surface area (Å²) in [5, 5.41) is 1.64. The number of aryl methyl sites for hydroxylation is 1. The molecule has 4 nitrogen and oxygen atoms in total. The van der Waals surface area contributed by atoms with E-state index in [2.05, 4.69) is 11.9 Å². The number of carbonyl (C=O) groups excluding carboxylic acids is 2. The van der Waals surface area contributed by atoms with Gasteiger partial charge < -0.3 is 9.72 Å².